The van der Waals surface area contributed by atoms with Gasteiger partial charge in [-0.1, -0.05) is 41.4 Å². The molecule has 1 nitrogen and oxygen atoms in total. The molecule has 0 heterocycles. The molecule has 2 aromatic rings. The van der Waals surface area contributed by atoms with E-state index in [2.05, 4.69) is 0 Å². The molecule has 0 aliphatic heterocycles. The maximum atomic E-state index is 13.9. The molecule has 0 spiro atoms. The van der Waals surface area contributed by atoms with E-state index in [1.54, 1.807) is 43.3 Å². The minimum Gasteiger partial charge on any atom is -0.381 e. The van der Waals surface area contributed by atoms with Crippen LogP contribution in [0.25, 0.3) is 0 Å². The number of hydrogen-bond acceptors (Lipinski definition) is 1. The first kappa shape index (κ1) is 13.1. The van der Waals surface area contributed by atoms with Crippen LogP contribution in [0.4, 0.5) is 4.39 Å². The van der Waals surface area contributed by atoms with E-state index in [1.165, 1.54) is 6.07 Å². The van der Waals surface area contributed by atoms with Crippen LogP contribution in [-0.4, -0.2) is 5.11 Å². The largest absolute Gasteiger partial charge is 0.381 e. The Balaban J connectivity index is 2.61. The average molecular weight is 265 g/mol. The van der Waals surface area contributed by atoms with Gasteiger partial charge in [-0.05, 0) is 32.0 Å². The van der Waals surface area contributed by atoms with E-state index in [0.717, 1.165) is 5.56 Å². The lowest BCUT2D eigenvalue weighted by atomic mass is 9.87. The van der Waals surface area contributed by atoms with E-state index in [9.17, 15) is 9.50 Å². The maximum Gasteiger partial charge on any atom is 0.129 e. The highest BCUT2D eigenvalue weighted by molar-refractivity contribution is 6.31. The number of halogens is 2. The van der Waals surface area contributed by atoms with Crippen molar-refractivity contribution in [1.82, 2.24) is 0 Å². The van der Waals surface area contributed by atoms with Crippen LogP contribution in [0.15, 0.2) is 42.5 Å². The predicted octanol–water partition coefficient (Wildman–Crippen LogP) is 4.04. The van der Waals surface area contributed by atoms with Gasteiger partial charge in [0.15, 0.2) is 0 Å². The second-order valence-electron chi connectivity index (χ2n) is 4.54. The average Bonchev–Trinajstić information content (AvgIpc) is 2.32. The SMILES string of the molecule is Cc1ccc(F)c(C(C)(O)c2ccccc2Cl)c1. The molecule has 0 saturated heterocycles. The number of benzene rings is 2. The standard InChI is InChI=1S/C15H14ClFO/c1-10-7-8-14(17)12(9-10)15(2,18)11-5-3-4-6-13(11)16/h3-9,18H,1-2H3. The summed E-state index contributed by atoms with van der Waals surface area (Å²) in [4.78, 5) is 0. The van der Waals surface area contributed by atoms with Gasteiger partial charge >= 0.3 is 0 Å². The number of hydrogen-bond donors (Lipinski definition) is 1. The molecule has 0 saturated carbocycles. The van der Waals surface area contributed by atoms with Crippen LogP contribution in [0.1, 0.15) is 23.6 Å². The van der Waals surface area contributed by atoms with Crippen molar-refractivity contribution < 1.29 is 9.50 Å². The number of rotatable bonds is 2. The Hall–Kier alpha value is -1.38. The zero-order valence-electron chi connectivity index (χ0n) is 10.2. The molecule has 0 fully saturated rings. The van der Waals surface area contributed by atoms with Gasteiger partial charge in [0, 0.05) is 16.1 Å². The molecule has 94 valence electrons. The highest BCUT2D eigenvalue weighted by Gasteiger charge is 2.30. The van der Waals surface area contributed by atoms with Gasteiger partial charge in [0.2, 0.25) is 0 Å². The molecule has 2 rings (SSSR count). The van der Waals surface area contributed by atoms with Crippen molar-refractivity contribution >= 4 is 11.6 Å². The molecule has 0 aromatic heterocycles. The molecular weight excluding hydrogens is 251 g/mol. The lowest BCUT2D eigenvalue weighted by Gasteiger charge is -2.26. The van der Waals surface area contributed by atoms with Crippen molar-refractivity contribution in [3.05, 3.63) is 70.0 Å². The summed E-state index contributed by atoms with van der Waals surface area (Å²) in [5, 5.41) is 11.0. The molecule has 0 radical (unpaired) electrons. The summed E-state index contributed by atoms with van der Waals surface area (Å²) in [7, 11) is 0. The van der Waals surface area contributed by atoms with Gasteiger partial charge in [0.1, 0.15) is 11.4 Å². The molecule has 1 N–H and O–H groups in total. The summed E-state index contributed by atoms with van der Waals surface area (Å²) in [6, 6.07) is 11.6. The fourth-order valence-corrected chi connectivity index (χ4v) is 2.33. The van der Waals surface area contributed by atoms with Crippen molar-refractivity contribution in [2.24, 2.45) is 0 Å². The topological polar surface area (TPSA) is 20.2 Å². The minimum absolute atomic E-state index is 0.232. The van der Waals surface area contributed by atoms with Crippen LogP contribution >= 0.6 is 11.6 Å². The molecule has 2 aromatic carbocycles. The molecule has 0 bridgehead atoms. The molecule has 0 amide bonds. The van der Waals surface area contributed by atoms with Gasteiger partial charge in [-0.25, -0.2) is 4.39 Å². The summed E-state index contributed by atoms with van der Waals surface area (Å²) < 4.78 is 13.9. The van der Waals surface area contributed by atoms with Crippen molar-refractivity contribution in [3.63, 3.8) is 0 Å². The number of aliphatic hydroxyl groups is 1. The Morgan fingerprint density at radius 3 is 2.44 bits per heavy atom. The lowest BCUT2D eigenvalue weighted by Crippen LogP contribution is -2.24. The van der Waals surface area contributed by atoms with E-state index in [-0.39, 0.29) is 5.56 Å². The third-order valence-corrected chi connectivity index (χ3v) is 3.37. The summed E-state index contributed by atoms with van der Waals surface area (Å²) in [5.41, 5.74) is 0.166. The van der Waals surface area contributed by atoms with Crippen molar-refractivity contribution in [1.29, 1.82) is 0 Å². The zero-order valence-corrected chi connectivity index (χ0v) is 11.0. The van der Waals surface area contributed by atoms with Crippen LogP contribution in [-0.2, 0) is 5.60 Å². The second kappa shape index (κ2) is 4.71. The van der Waals surface area contributed by atoms with Crippen LogP contribution in [0.3, 0.4) is 0 Å². The van der Waals surface area contributed by atoms with Gasteiger partial charge in [-0.2, -0.15) is 0 Å². The van der Waals surface area contributed by atoms with E-state index < -0.39 is 11.4 Å². The molecule has 0 aliphatic rings. The molecule has 18 heavy (non-hydrogen) atoms. The summed E-state index contributed by atoms with van der Waals surface area (Å²) in [5.74, 6) is -0.439. The molecule has 1 atom stereocenters. The van der Waals surface area contributed by atoms with Crippen LogP contribution < -0.4 is 0 Å². The third-order valence-electron chi connectivity index (χ3n) is 3.04. The van der Waals surface area contributed by atoms with Crippen LogP contribution in [0.2, 0.25) is 5.02 Å². The smallest absolute Gasteiger partial charge is 0.129 e. The Kier molecular flexibility index (Phi) is 3.42. The first-order valence-corrected chi connectivity index (χ1v) is 6.04. The van der Waals surface area contributed by atoms with E-state index in [4.69, 9.17) is 11.6 Å². The summed E-state index contributed by atoms with van der Waals surface area (Å²) in [6.07, 6.45) is 0. The van der Waals surface area contributed by atoms with Crippen molar-refractivity contribution in [2.75, 3.05) is 0 Å². The molecule has 1 unspecified atom stereocenters. The van der Waals surface area contributed by atoms with Gasteiger partial charge < -0.3 is 5.11 Å². The fourth-order valence-electron chi connectivity index (χ4n) is 2.01. The first-order valence-electron chi connectivity index (χ1n) is 5.67. The Labute approximate surface area is 111 Å². The normalized spacial score (nSPS) is 14.3. The van der Waals surface area contributed by atoms with Gasteiger partial charge in [0.25, 0.3) is 0 Å². The van der Waals surface area contributed by atoms with E-state index in [0.29, 0.717) is 10.6 Å². The maximum absolute atomic E-state index is 13.9. The Morgan fingerprint density at radius 1 is 1.11 bits per heavy atom. The zero-order chi connectivity index (χ0) is 13.3. The fraction of sp³-hybridized carbons (Fsp3) is 0.200. The molecule has 3 heteroatoms. The molecular formula is C15H14ClFO. The predicted molar refractivity (Wildman–Crippen MR) is 71.3 cm³/mol. The van der Waals surface area contributed by atoms with Crippen LogP contribution in [0, 0.1) is 12.7 Å². The van der Waals surface area contributed by atoms with E-state index >= 15 is 0 Å². The van der Waals surface area contributed by atoms with Gasteiger partial charge in [-0.15, -0.1) is 0 Å². The van der Waals surface area contributed by atoms with Crippen molar-refractivity contribution in [2.45, 2.75) is 19.4 Å². The highest BCUT2D eigenvalue weighted by Crippen LogP contribution is 2.35. The Morgan fingerprint density at radius 2 is 1.78 bits per heavy atom. The van der Waals surface area contributed by atoms with Gasteiger partial charge in [-0.3, -0.25) is 0 Å². The number of aryl methyl sites for hydroxylation is 1. The lowest BCUT2D eigenvalue weighted by molar-refractivity contribution is 0.0980. The third kappa shape index (κ3) is 2.26. The van der Waals surface area contributed by atoms with Gasteiger partial charge in [0.05, 0.1) is 0 Å². The Bertz CT molecular complexity index is 578. The highest BCUT2D eigenvalue weighted by atomic mass is 35.5. The summed E-state index contributed by atoms with van der Waals surface area (Å²) >= 11 is 6.07. The van der Waals surface area contributed by atoms with Crippen LogP contribution in [0.5, 0.6) is 0 Å². The first-order chi connectivity index (χ1) is 8.43. The van der Waals surface area contributed by atoms with Crippen molar-refractivity contribution in [3.8, 4) is 0 Å². The minimum atomic E-state index is -1.45. The monoisotopic (exact) mass is 264 g/mol. The summed E-state index contributed by atoms with van der Waals surface area (Å²) in [6.45, 7) is 3.40. The second-order valence-corrected chi connectivity index (χ2v) is 4.94. The molecule has 0 aliphatic carbocycles. The van der Waals surface area contributed by atoms with E-state index in [1.807, 2.05) is 6.92 Å². The quantitative estimate of drug-likeness (QED) is 0.868.